The second-order valence-electron chi connectivity index (χ2n) is 9.35. The van der Waals surface area contributed by atoms with Gasteiger partial charge in [-0.1, -0.05) is 19.9 Å². The van der Waals surface area contributed by atoms with Crippen LogP contribution in [-0.2, 0) is 11.7 Å². The lowest BCUT2D eigenvalue weighted by Gasteiger charge is -2.34. The fourth-order valence-electron chi connectivity index (χ4n) is 3.73. The van der Waals surface area contributed by atoms with Crippen LogP contribution in [0, 0.1) is 0 Å². The van der Waals surface area contributed by atoms with Gasteiger partial charge in [-0.3, -0.25) is 14.3 Å². The van der Waals surface area contributed by atoms with E-state index in [0.29, 0.717) is 18.8 Å². The lowest BCUT2D eigenvalue weighted by atomic mass is 10.1. The number of alkyl halides is 3. The first-order valence-corrected chi connectivity index (χ1v) is 10.7. The van der Waals surface area contributed by atoms with Crippen molar-refractivity contribution in [2.24, 2.45) is 0 Å². The van der Waals surface area contributed by atoms with Crippen LogP contribution in [-0.4, -0.2) is 57.6 Å². The van der Waals surface area contributed by atoms with Crippen LogP contribution in [0.1, 0.15) is 72.6 Å². The molecule has 1 aliphatic heterocycles. The third kappa shape index (κ3) is 4.97. The molecule has 0 saturated carbocycles. The van der Waals surface area contributed by atoms with Gasteiger partial charge in [0.25, 0.3) is 11.8 Å². The molecule has 174 valence electrons. The lowest BCUT2D eigenvalue weighted by molar-refractivity contribution is -0.137. The van der Waals surface area contributed by atoms with E-state index in [4.69, 9.17) is 0 Å². The number of aromatic nitrogens is 2. The molecule has 1 fully saturated rings. The van der Waals surface area contributed by atoms with Crippen molar-refractivity contribution in [2.75, 3.05) is 26.2 Å². The Morgan fingerprint density at radius 3 is 1.97 bits per heavy atom. The number of amides is 2. The standard InChI is InChI=1S/C23H29F3N4O2/c1-15(2)19-14-18(27-30(19)22(3,4)5)21(32)29-11-9-28(10-12-29)20(31)16-7-6-8-17(13-16)23(24,25)26/h6-8,13-15H,9-12H2,1-5H3. The summed E-state index contributed by atoms with van der Waals surface area (Å²) >= 11 is 0. The summed E-state index contributed by atoms with van der Waals surface area (Å²) in [5, 5.41) is 4.55. The molecular formula is C23H29F3N4O2. The Hall–Kier alpha value is -2.84. The van der Waals surface area contributed by atoms with E-state index in [1.807, 2.05) is 45.4 Å². The zero-order chi connectivity index (χ0) is 23.8. The molecular weight excluding hydrogens is 421 g/mol. The molecule has 0 aliphatic carbocycles. The number of piperazine rings is 1. The zero-order valence-corrected chi connectivity index (χ0v) is 19.0. The van der Waals surface area contributed by atoms with Crippen molar-refractivity contribution in [3.05, 3.63) is 52.8 Å². The van der Waals surface area contributed by atoms with Gasteiger partial charge >= 0.3 is 6.18 Å². The zero-order valence-electron chi connectivity index (χ0n) is 19.0. The minimum Gasteiger partial charge on any atom is -0.335 e. The number of hydrogen-bond acceptors (Lipinski definition) is 3. The number of carbonyl (C=O) groups is 2. The molecule has 9 heteroatoms. The molecule has 0 spiro atoms. The summed E-state index contributed by atoms with van der Waals surface area (Å²) in [6.45, 7) is 11.3. The molecule has 1 aromatic carbocycles. The summed E-state index contributed by atoms with van der Waals surface area (Å²) in [6.07, 6.45) is -4.51. The minimum absolute atomic E-state index is 0.00917. The molecule has 2 heterocycles. The molecule has 0 N–H and O–H groups in total. The first-order chi connectivity index (χ1) is 14.8. The fraction of sp³-hybridized carbons (Fsp3) is 0.522. The smallest absolute Gasteiger partial charge is 0.335 e. The van der Waals surface area contributed by atoms with Crippen LogP contribution in [0.5, 0.6) is 0 Å². The van der Waals surface area contributed by atoms with Crippen LogP contribution in [0.2, 0.25) is 0 Å². The summed E-state index contributed by atoms with van der Waals surface area (Å²) in [6, 6.07) is 6.23. The Labute approximate surface area is 186 Å². The molecule has 0 unspecified atom stereocenters. The predicted octanol–water partition coefficient (Wildman–Crippen LogP) is 4.38. The molecule has 6 nitrogen and oxygen atoms in total. The summed E-state index contributed by atoms with van der Waals surface area (Å²) in [5.74, 6) is -0.478. The quantitative estimate of drug-likeness (QED) is 0.698. The first-order valence-electron chi connectivity index (χ1n) is 10.7. The first kappa shape index (κ1) is 23.8. The monoisotopic (exact) mass is 450 g/mol. The second kappa shape index (κ2) is 8.60. The maximum atomic E-state index is 13.0. The maximum absolute atomic E-state index is 13.0. The van der Waals surface area contributed by atoms with Gasteiger partial charge in [0.2, 0.25) is 0 Å². The summed E-state index contributed by atoms with van der Waals surface area (Å²) in [7, 11) is 0. The largest absolute Gasteiger partial charge is 0.416 e. The predicted molar refractivity (Wildman–Crippen MR) is 115 cm³/mol. The SMILES string of the molecule is CC(C)c1cc(C(=O)N2CCN(C(=O)c3cccc(C(F)(F)F)c3)CC2)nn1C(C)(C)C. The Bertz CT molecular complexity index is 997. The van der Waals surface area contributed by atoms with Crippen molar-refractivity contribution in [3.63, 3.8) is 0 Å². The van der Waals surface area contributed by atoms with Gasteiger partial charge in [0.15, 0.2) is 5.69 Å². The van der Waals surface area contributed by atoms with Crippen LogP contribution < -0.4 is 0 Å². The molecule has 0 radical (unpaired) electrons. The Morgan fingerprint density at radius 1 is 0.938 bits per heavy atom. The van der Waals surface area contributed by atoms with Gasteiger partial charge in [0.1, 0.15) is 0 Å². The molecule has 1 aliphatic rings. The van der Waals surface area contributed by atoms with Crippen LogP contribution in [0.4, 0.5) is 13.2 Å². The average Bonchev–Trinajstić information content (AvgIpc) is 3.19. The fourth-order valence-corrected chi connectivity index (χ4v) is 3.73. The minimum atomic E-state index is -4.51. The number of carbonyl (C=O) groups excluding carboxylic acids is 2. The molecule has 3 rings (SSSR count). The van der Waals surface area contributed by atoms with E-state index in [9.17, 15) is 22.8 Å². The van der Waals surface area contributed by atoms with Gasteiger partial charge in [-0.2, -0.15) is 18.3 Å². The summed E-state index contributed by atoms with van der Waals surface area (Å²) in [4.78, 5) is 28.8. The van der Waals surface area contributed by atoms with Gasteiger partial charge in [-0.05, 0) is 51.0 Å². The van der Waals surface area contributed by atoms with Crippen LogP contribution in [0.25, 0.3) is 0 Å². The van der Waals surface area contributed by atoms with E-state index >= 15 is 0 Å². The molecule has 1 saturated heterocycles. The van der Waals surface area contributed by atoms with Gasteiger partial charge in [-0.25, -0.2) is 0 Å². The van der Waals surface area contributed by atoms with E-state index in [1.54, 1.807) is 4.90 Å². The van der Waals surface area contributed by atoms with E-state index in [1.165, 1.54) is 17.0 Å². The molecule has 1 aromatic heterocycles. The third-order valence-electron chi connectivity index (χ3n) is 5.47. The molecule has 2 amide bonds. The van der Waals surface area contributed by atoms with Crippen molar-refractivity contribution in [2.45, 2.75) is 52.3 Å². The van der Waals surface area contributed by atoms with Gasteiger partial charge in [0, 0.05) is 37.4 Å². The normalized spacial score (nSPS) is 15.4. The van der Waals surface area contributed by atoms with Gasteiger partial charge in [0.05, 0.1) is 11.1 Å². The van der Waals surface area contributed by atoms with Gasteiger partial charge in [-0.15, -0.1) is 0 Å². The Balaban J connectivity index is 1.70. The van der Waals surface area contributed by atoms with Crippen molar-refractivity contribution >= 4 is 11.8 Å². The van der Waals surface area contributed by atoms with Crippen molar-refractivity contribution in [3.8, 4) is 0 Å². The van der Waals surface area contributed by atoms with Crippen molar-refractivity contribution < 1.29 is 22.8 Å². The topological polar surface area (TPSA) is 58.4 Å². The number of hydrogen-bond donors (Lipinski definition) is 0. The van der Waals surface area contributed by atoms with E-state index in [2.05, 4.69) is 5.10 Å². The summed E-state index contributed by atoms with van der Waals surface area (Å²) < 4.78 is 40.7. The van der Waals surface area contributed by atoms with E-state index in [0.717, 1.165) is 17.8 Å². The van der Waals surface area contributed by atoms with Crippen LogP contribution in [0.15, 0.2) is 30.3 Å². The molecule has 2 aromatic rings. The second-order valence-corrected chi connectivity index (χ2v) is 9.35. The highest BCUT2D eigenvalue weighted by atomic mass is 19.4. The Morgan fingerprint density at radius 2 is 1.50 bits per heavy atom. The van der Waals surface area contributed by atoms with E-state index < -0.39 is 17.6 Å². The Kier molecular flexibility index (Phi) is 6.40. The number of nitrogens with zero attached hydrogens (tertiary/aromatic N) is 4. The number of halogens is 3. The average molecular weight is 451 g/mol. The number of benzene rings is 1. The van der Waals surface area contributed by atoms with Crippen LogP contribution in [0.3, 0.4) is 0 Å². The molecule has 0 atom stereocenters. The highest BCUT2D eigenvalue weighted by molar-refractivity contribution is 5.95. The van der Waals surface area contributed by atoms with Crippen molar-refractivity contribution in [1.29, 1.82) is 0 Å². The highest BCUT2D eigenvalue weighted by Crippen LogP contribution is 2.30. The van der Waals surface area contributed by atoms with Gasteiger partial charge < -0.3 is 9.80 Å². The van der Waals surface area contributed by atoms with E-state index in [-0.39, 0.29) is 36.0 Å². The summed E-state index contributed by atoms with van der Waals surface area (Å²) in [5.41, 5.74) is 0.201. The highest BCUT2D eigenvalue weighted by Gasteiger charge is 2.32. The number of rotatable bonds is 3. The maximum Gasteiger partial charge on any atom is 0.416 e. The van der Waals surface area contributed by atoms with Crippen LogP contribution >= 0.6 is 0 Å². The van der Waals surface area contributed by atoms with Crippen molar-refractivity contribution in [1.82, 2.24) is 19.6 Å². The molecule has 0 bridgehead atoms. The third-order valence-corrected chi connectivity index (χ3v) is 5.47. The molecule has 32 heavy (non-hydrogen) atoms. The lowest BCUT2D eigenvalue weighted by Crippen LogP contribution is -2.50.